The molecule has 2 aliphatic rings. The summed E-state index contributed by atoms with van der Waals surface area (Å²) in [4.78, 5) is 79.7. The van der Waals surface area contributed by atoms with Crippen LogP contribution in [-0.2, 0) is 46.3 Å². The number of primary amides is 1. The topological polar surface area (TPSA) is 165 Å². The lowest BCUT2D eigenvalue weighted by atomic mass is 9.88. The van der Waals surface area contributed by atoms with Crippen LogP contribution in [0, 0.1) is 5.92 Å². The minimum Gasteiger partial charge on any atom is -0.469 e. The molecule has 1 heterocycles. The van der Waals surface area contributed by atoms with Gasteiger partial charge in [-0.25, -0.2) is 0 Å². The normalized spacial score (nSPS) is 17.2. The lowest BCUT2D eigenvalue weighted by Gasteiger charge is -2.37. The van der Waals surface area contributed by atoms with E-state index < -0.39 is 53.6 Å². The Balaban J connectivity index is 1.56. The van der Waals surface area contributed by atoms with E-state index in [1.807, 2.05) is 60.7 Å². The van der Waals surface area contributed by atoms with Crippen LogP contribution in [0.5, 0.6) is 0 Å². The molecule has 1 saturated heterocycles. The zero-order chi connectivity index (χ0) is 34.6. The molecule has 0 aromatic heterocycles. The number of fused-ring (bicyclic) bond motifs is 1. The van der Waals surface area contributed by atoms with Gasteiger partial charge in [0.25, 0.3) is 0 Å². The van der Waals surface area contributed by atoms with Gasteiger partial charge < -0.3 is 26.0 Å². The van der Waals surface area contributed by atoms with E-state index in [1.54, 1.807) is 0 Å². The van der Waals surface area contributed by atoms with Gasteiger partial charge in [0.2, 0.25) is 23.6 Å². The quantitative estimate of drug-likeness (QED) is 0.181. The average molecular weight is 679 g/mol. The highest BCUT2D eigenvalue weighted by atomic mass is 35.5. The zero-order valence-corrected chi connectivity index (χ0v) is 27.9. The fourth-order valence-electron chi connectivity index (χ4n) is 6.36. The molecule has 0 bridgehead atoms. The van der Waals surface area contributed by atoms with E-state index in [-0.39, 0.29) is 50.3 Å². The molecule has 4 N–H and O–H groups in total. The largest absolute Gasteiger partial charge is 0.469 e. The number of methoxy groups -OCH3 is 1. The van der Waals surface area contributed by atoms with Gasteiger partial charge in [0, 0.05) is 31.7 Å². The lowest BCUT2D eigenvalue weighted by molar-refractivity contribution is -0.146. The molecule has 256 valence electrons. The van der Waals surface area contributed by atoms with Crippen molar-refractivity contribution in [1.29, 1.82) is 0 Å². The Hall–Kier alpha value is -4.51. The maximum atomic E-state index is 14.0. The molecule has 2 aromatic carbocycles. The molecule has 0 radical (unpaired) electrons. The molecule has 4 rings (SSSR count). The number of carbonyl (C=O) groups excluding carboxylic acids is 6. The van der Waals surface area contributed by atoms with Gasteiger partial charge in [-0.2, -0.15) is 0 Å². The van der Waals surface area contributed by atoms with Crippen molar-refractivity contribution in [2.75, 3.05) is 19.5 Å². The molecular formula is C36H43ClN4O7. The second-order valence-electron chi connectivity index (χ2n) is 12.2. The van der Waals surface area contributed by atoms with Crippen LogP contribution in [-0.4, -0.2) is 77.9 Å². The predicted octanol–water partition coefficient (Wildman–Crippen LogP) is 2.86. The third-order valence-electron chi connectivity index (χ3n) is 8.94. The van der Waals surface area contributed by atoms with Crippen molar-refractivity contribution >= 4 is 52.6 Å². The van der Waals surface area contributed by atoms with Crippen molar-refractivity contribution in [1.82, 2.24) is 15.5 Å². The minimum absolute atomic E-state index is 0.0381. The van der Waals surface area contributed by atoms with Crippen LogP contribution in [0.25, 0.3) is 5.57 Å². The minimum atomic E-state index is -1.10. The van der Waals surface area contributed by atoms with Gasteiger partial charge in [-0.15, -0.1) is 11.6 Å². The first-order chi connectivity index (χ1) is 23.1. The lowest BCUT2D eigenvalue weighted by Crippen LogP contribution is -2.59. The summed E-state index contributed by atoms with van der Waals surface area (Å²) in [7, 11) is 1.23. The summed E-state index contributed by atoms with van der Waals surface area (Å²) < 4.78 is 4.70. The Morgan fingerprint density at radius 3 is 2.40 bits per heavy atom. The van der Waals surface area contributed by atoms with E-state index in [1.165, 1.54) is 12.0 Å². The average Bonchev–Trinajstić information content (AvgIpc) is 3.51. The summed E-state index contributed by atoms with van der Waals surface area (Å²) in [6.07, 6.45) is 4.52. The number of hydrogen-bond acceptors (Lipinski definition) is 7. The van der Waals surface area contributed by atoms with Gasteiger partial charge in [-0.3, -0.25) is 28.8 Å². The number of ketones is 1. The van der Waals surface area contributed by atoms with E-state index in [0.717, 1.165) is 22.3 Å². The molecule has 1 aliphatic carbocycles. The summed E-state index contributed by atoms with van der Waals surface area (Å²) in [5.74, 6) is -4.29. The number of halogens is 1. The summed E-state index contributed by atoms with van der Waals surface area (Å²) >= 11 is 5.69. The fourth-order valence-corrected chi connectivity index (χ4v) is 6.44. The van der Waals surface area contributed by atoms with Crippen molar-refractivity contribution in [2.45, 2.75) is 75.9 Å². The van der Waals surface area contributed by atoms with Crippen molar-refractivity contribution in [2.24, 2.45) is 11.7 Å². The number of allylic oxidation sites excluding steroid dienone is 1. The smallest absolute Gasteiger partial charge is 0.305 e. The number of Topliss-reactive ketones (excluding diaryl/α,β-unsaturated/α-hetero) is 1. The van der Waals surface area contributed by atoms with Gasteiger partial charge in [0.15, 0.2) is 5.78 Å². The molecule has 1 aliphatic heterocycles. The number of nitrogens with zero attached hydrogens (tertiary/aromatic N) is 1. The molecule has 12 heteroatoms. The molecule has 0 saturated carbocycles. The zero-order valence-electron chi connectivity index (χ0n) is 27.1. The first-order valence-electron chi connectivity index (χ1n) is 16.3. The number of hydrogen-bond donors (Lipinski definition) is 3. The highest BCUT2D eigenvalue weighted by Crippen LogP contribution is 2.31. The van der Waals surface area contributed by atoms with E-state index >= 15 is 0 Å². The number of nitrogens with one attached hydrogen (secondary N) is 2. The van der Waals surface area contributed by atoms with Gasteiger partial charge in [0.1, 0.15) is 18.0 Å². The standard InChI is InChI=1S/C36H43ClN4O7/c1-48-33(44)17-16-28(39-32(43)22-37)36(47)41-18-8-7-13-30(41)35(46)40-29(20-25-15-14-24-11-5-6-12-27(24)25)31(42)21-26(34(38)45)19-23-9-3-2-4-10-23/h2-6,9-12,15,26,28-30H,7-8,13-14,16-22H2,1H3,(H2,38,45)(H,39,43)(H,40,46)/t26-,28+,29+,30+/m1/s1. The van der Waals surface area contributed by atoms with Crippen molar-refractivity contribution in [3.63, 3.8) is 0 Å². The molecule has 2 aromatic rings. The van der Waals surface area contributed by atoms with E-state index in [9.17, 15) is 28.8 Å². The highest BCUT2D eigenvalue weighted by molar-refractivity contribution is 6.27. The first kappa shape index (κ1) is 36.3. The first-order valence-corrected chi connectivity index (χ1v) is 16.8. The maximum Gasteiger partial charge on any atom is 0.305 e. The number of rotatable bonds is 16. The van der Waals surface area contributed by atoms with Gasteiger partial charge in [0.05, 0.1) is 13.2 Å². The third-order valence-corrected chi connectivity index (χ3v) is 9.19. The van der Waals surface area contributed by atoms with Crippen molar-refractivity contribution in [3.05, 3.63) is 77.4 Å². The van der Waals surface area contributed by atoms with E-state index in [0.29, 0.717) is 25.7 Å². The molecule has 0 spiro atoms. The summed E-state index contributed by atoms with van der Waals surface area (Å²) in [6, 6.07) is 14.1. The summed E-state index contributed by atoms with van der Waals surface area (Å²) in [6.45, 7) is 0.250. The number of amides is 4. The Kier molecular flexibility index (Phi) is 13.3. The molecule has 48 heavy (non-hydrogen) atoms. The number of nitrogens with two attached hydrogens (primary N) is 1. The molecule has 4 atom stereocenters. The molecule has 11 nitrogen and oxygen atoms in total. The maximum absolute atomic E-state index is 14.0. The summed E-state index contributed by atoms with van der Waals surface area (Å²) in [5, 5.41) is 5.49. The molecule has 0 unspecified atom stereocenters. The highest BCUT2D eigenvalue weighted by Gasteiger charge is 2.38. The van der Waals surface area contributed by atoms with Crippen LogP contribution in [0.3, 0.4) is 0 Å². The number of carbonyl (C=O) groups is 6. The van der Waals surface area contributed by atoms with Crippen LogP contribution < -0.4 is 16.4 Å². The van der Waals surface area contributed by atoms with Gasteiger partial charge >= 0.3 is 5.97 Å². The number of alkyl halides is 1. The predicted molar refractivity (Wildman–Crippen MR) is 180 cm³/mol. The van der Waals surface area contributed by atoms with Crippen LogP contribution in [0.15, 0.2) is 60.7 Å². The van der Waals surface area contributed by atoms with Crippen LogP contribution in [0.1, 0.15) is 61.6 Å². The van der Waals surface area contributed by atoms with Crippen LogP contribution in [0.2, 0.25) is 0 Å². The van der Waals surface area contributed by atoms with Gasteiger partial charge in [-0.1, -0.05) is 60.7 Å². The number of benzene rings is 2. The second kappa shape index (κ2) is 17.6. The molecule has 1 fully saturated rings. The summed E-state index contributed by atoms with van der Waals surface area (Å²) in [5.41, 5.74) is 9.64. The number of esters is 1. The van der Waals surface area contributed by atoms with E-state index in [4.69, 9.17) is 22.1 Å². The molecular weight excluding hydrogens is 636 g/mol. The van der Waals surface area contributed by atoms with Crippen LogP contribution in [0.4, 0.5) is 0 Å². The monoisotopic (exact) mass is 678 g/mol. The third kappa shape index (κ3) is 9.76. The van der Waals surface area contributed by atoms with Crippen LogP contribution >= 0.6 is 11.6 Å². The fraction of sp³-hybridized carbons (Fsp3) is 0.444. The van der Waals surface area contributed by atoms with E-state index in [2.05, 4.69) is 10.6 Å². The van der Waals surface area contributed by atoms with Crippen molar-refractivity contribution < 1.29 is 33.5 Å². The Bertz CT molecular complexity index is 1530. The number of ether oxygens (including phenoxy) is 1. The Labute approximate surface area is 285 Å². The Morgan fingerprint density at radius 1 is 0.958 bits per heavy atom. The molecule has 4 amide bonds. The Morgan fingerprint density at radius 2 is 1.69 bits per heavy atom. The second-order valence-corrected chi connectivity index (χ2v) is 12.5. The SMILES string of the molecule is COC(=O)CC[C@H](NC(=O)CCl)C(=O)N1CCCC[C@H]1C(=O)N[C@@H](CC1=CCc2ccccc21)C(=O)C[C@@H](Cc1ccccc1)C(N)=O. The number of likely N-dealkylation sites (tertiary alicyclic amines) is 1. The van der Waals surface area contributed by atoms with Gasteiger partial charge in [-0.05, 0) is 60.8 Å². The van der Waals surface area contributed by atoms with Crippen molar-refractivity contribution in [3.8, 4) is 0 Å². The number of piperidine rings is 1.